The Morgan fingerprint density at radius 1 is 0.500 bits per heavy atom. The number of nitrogens with zero attached hydrogens (tertiary/aromatic N) is 2. The van der Waals surface area contributed by atoms with Gasteiger partial charge in [0.2, 0.25) is 0 Å². The van der Waals surface area contributed by atoms with E-state index in [0.717, 1.165) is 0 Å². The van der Waals surface area contributed by atoms with E-state index in [0.29, 0.717) is 6.04 Å². The number of benzene rings is 6. The molecule has 0 saturated carbocycles. The minimum atomic E-state index is -0.0631. The summed E-state index contributed by atoms with van der Waals surface area (Å²) < 4.78 is 0. The van der Waals surface area contributed by atoms with Crippen LogP contribution in [0.5, 0.6) is 0 Å². The Morgan fingerprint density at radius 2 is 1.12 bits per heavy atom. The maximum Gasteiger partial charge on any atom is 0.0422 e. The Kier molecular flexibility index (Phi) is 7.24. The molecule has 0 aliphatic rings. The van der Waals surface area contributed by atoms with E-state index in [-0.39, 0.29) is 5.54 Å². The van der Waals surface area contributed by atoms with Gasteiger partial charge in [0, 0.05) is 34.3 Å². The first kappa shape index (κ1) is 27.6. The Balaban J connectivity index is 1.39. The molecule has 6 aromatic rings. The lowest BCUT2D eigenvalue weighted by Gasteiger charge is -2.38. The summed E-state index contributed by atoms with van der Waals surface area (Å²) in [4.78, 5) is 4.86. The van der Waals surface area contributed by atoms with Crippen LogP contribution in [0.15, 0.2) is 127 Å². The fourth-order valence-electron chi connectivity index (χ4n) is 6.32. The minimum Gasteiger partial charge on any atom is -0.339 e. The number of fused-ring (bicyclic) bond motifs is 2. The van der Waals surface area contributed by atoms with Crippen molar-refractivity contribution < 1.29 is 0 Å². The van der Waals surface area contributed by atoms with Gasteiger partial charge in [-0.15, -0.1) is 0 Å². The van der Waals surface area contributed by atoms with Crippen LogP contribution in [0.1, 0.15) is 40.2 Å². The van der Waals surface area contributed by atoms with E-state index in [2.05, 4.69) is 179 Å². The van der Waals surface area contributed by atoms with Gasteiger partial charge < -0.3 is 9.80 Å². The van der Waals surface area contributed by atoms with Crippen LogP contribution in [0.25, 0.3) is 32.7 Å². The van der Waals surface area contributed by atoms with Crippen molar-refractivity contribution in [3.63, 3.8) is 0 Å². The molecule has 42 heavy (non-hydrogen) atoms. The van der Waals surface area contributed by atoms with Crippen molar-refractivity contribution in [2.45, 2.75) is 53.1 Å². The second-order valence-corrected chi connectivity index (χ2v) is 12.5. The summed E-state index contributed by atoms with van der Waals surface area (Å²) in [5, 5.41) is 5.05. The Labute approximate surface area is 250 Å². The van der Waals surface area contributed by atoms with Gasteiger partial charge in [-0.25, -0.2) is 0 Å². The first-order valence-electron chi connectivity index (χ1n) is 15.0. The van der Waals surface area contributed by atoms with E-state index in [1.54, 1.807) is 0 Å². The van der Waals surface area contributed by atoms with Crippen molar-refractivity contribution in [1.82, 2.24) is 0 Å². The number of hydrogen-bond acceptors (Lipinski definition) is 2. The maximum absolute atomic E-state index is 2.43. The van der Waals surface area contributed by atoms with Gasteiger partial charge in [0.1, 0.15) is 0 Å². The summed E-state index contributed by atoms with van der Waals surface area (Å²) in [6.07, 6.45) is 0. The lowest BCUT2D eigenvalue weighted by molar-refractivity contribution is 0.560. The monoisotopic (exact) mass is 548 g/mol. The quantitative estimate of drug-likeness (QED) is 0.204. The summed E-state index contributed by atoms with van der Waals surface area (Å²) in [5.41, 5.74) is 8.59. The molecule has 0 spiro atoms. The third kappa shape index (κ3) is 5.25. The molecule has 2 heteroatoms. The molecule has 0 atom stereocenters. The Bertz CT molecular complexity index is 1860. The average molecular weight is 549 g/mol. The predicted molar refractivity (Wildman–Crippen MR) is 184 cm³/mol. The molecular formula is C40H40N2. The molecule has 210 valence electrons. The molecule has 6 rings (SSSR count). The molecule has 0 bridgehead atoms. The van der Waals surface area contributed by atoms with Crippen LogP contribution in [0.2, 0.25) is 0 Å². The molecule has 0 heterocycles. The van der Waals surface area contributed by atoms with Crippen molar-refractivity contribution in [2.75, 3.05) is 9.80 Å². The zero-order chi connectivity index (χ0) is 29.4. The van der Waals surface area contributed by atoms with Gasteiger partial charge in [-0.2, -0.15) is 0 Å². The topological polar surface area (TPSA) is 6.48 Å². The lowest BCUT2D eigenvalue weighted by atomic mass is 9.93. The van der Waals surface area contributed by atoms with Crippen molar-refractivity contribution >= 4 is 44.3 Å². The molecule has 0 radical (unpaired) electrons. The molecule has 6 aromatic carbocycles. The number of anilines is 4. The molecule has 0 amide bonds. The number of aryl methyl sites for hydroxylation is 1. The summed E-state index contributed by atoms with van der Waals surface area (Å²) in [7, 11) is 0. The molecule has 0 saturated heterocycles. The zero-order valence-electron chi connectivity index (χ0n) is 25.6. The van der Waals surface area contributed by atoms with Gasteiger partial charge >= 0.3 is 0 Å². The molecule has 0 aliphatic heterocycles. The van der Waals surface area contributed by atoms with E-state index in [1.807, 2.05) is 0 Å². The number of rotatable bonds is 6. The van der Waals surface area contributed by atoms with Crippen molar-refractivity contribution in [1.29, 1.82) is 0 Å². The lowest BCUT2D eigenvalue weighted by Crippen LogP contribution is -2.37. The van der Waals surface area contributed by atoms with Gasteiger partial charge in [0.25, 0.3) is 0 Å². The highest BCUT2D eigenvalue weighted by Gasteiger charge is 2.24. The second kappa shape index (κ2) is 11.0. The standard InChI is InChI=1S/C40H40N2/c1-28(2)41(35-20-19-30-13-10-11-14-31(30)26-35)34-21-23-37(29(3)25-34)39-18-12-15-32-27-36(22-24-38(32)39)42(40(4,5)6)33-16-8-7-9-17-33/h7-28H,1-6H3. The fraction of sp³-hybridized carbons (Fsp3) is 0.200. The SMILES string of the molecule is Cc1cc(N(c2ccc3ccccc3c2)C(C)C)ccc1-c1cccc2cc(N(c3ccccc3)C(C)(C)C)ccc12. The van der Waals surface area contributed by atoms with Gasteiger partial charge in [-0.3, -0.25) is 0 Å². The van der Waals surface area contributed by atoms with Gasteiger partial charge in [-0.1, -0.05) is 78.9 Å². The van der Waals surface area contributed by atoms with Crippen LogP contribution in [0, 0.1) is 6.92 Å². The van der Waals surface area contributed by atoms with Crippen molar-refractivity contribution in [2.24, 2.45) is 0 Å². The van der Waals surface area contributed by atoms with Crippen LogP contribution in [-0.2, 0) is 0 Å². The third-order valence-corrected chi connectivity index (χ3v) is 8.11. The molecule has 0 aliphatic carbocycles. The maximum atomic E-state index is 2.43. The van der Waals surface area contributed by atoms with E-state index in [4.69, 9.17) is 0 Å². The third-order valence-electron chi connectivity index (χ3n) is 8.11. The minimum absolute atomic E-state index is 0.0631. The molecule has 0 N–H and O–H groups in total. The molecule has 0 unspecified atom stereocenters. The van der Waals surface area contributed by atoms with Gasteiger partial charge in [0.05, 0.1) is 0 Å². The summed E-state index contributed by atoms with van der Waals surface area (Å²) in [6, 6.07) is 46.8. The Hall–Kier alpha value is -4.56. The highest BCUT2D eigenvalue weighted by atomic mass is 15.2. The summed E-state index contributed by atoms with van der Waals surface area (Å²) >= 11 is 0. The van der Waals surface area contributed by atoms with E-state index in [1.165, 1.54) is 61.0 Å². The Morgan fingerprint density at radius 3 is 1.83 bits per heavy atom. The van der Waals surface area contributed by atoms with E-state index in [9.17, 15) is 0 Å². The summed E-state index contributed by atoms with van der Waals surface area (Å²) in [5.74, 6) is 0. The first-order chi connectivity index (χ1) is 20.2. The predicted octanol–water partition coefficient (Wildman–Crippen LogP) is 11.5. The highest BCUT2D eigenvalue weighted by molar-refractivity contribution is 5.99. The molecular weight excluding hydrogens is 508 g/mol. The smallest absolute Gasteiger partial charge is 0.0422 e. The highest BCUT2D eigenvalue weighted by Crippen LogP contribution is 2.39. The van der Waals surface area contributed by atoms with Crippen LogP contribution < -0.4 is 9.80 Å². The molecule has 0 fully saturated rings. The normalized spacial score (nSPS) is 11.8. The van der Waals surface area contributed by atoms with E-state index < -0.39 is 0 Å². The van der Waals surface area contributed by atoms with Crippen LogP contribution >= 0.6 is 0 Å². The first-order valence-corrected chi connectivity index (χ1v) is 15.0. The van der Waals surface area contributed by atoms with Crippen molar-refractivity contribution in [3.05, 3.63) is 133 Å². The fourth-order valence-corrected chi connectivity index (χ4v) is 6.32. The second-order valence-electron chi connectivity index (χ2n) is 12.5. The average Bonchev–Trinajstić information content (AvgIpc) is 2.97. The van der Waals surface area contributed by atoms with Crippen molar-refractivity contribution in [3.8, 4) is 11.1 Å². The zero-order valence-corrected chi connectivity index (χ0v) is 25.6. The molecule has 2 nitrogen and oxygen atoms in total. The van der Waals surface area contributed by atoms with Crippen LogP contribution in [-0.4, -0.2) is 11.6 Å². The summed E-state index contributed by atoms with van der Waals surface area (Å²) in [6.45, 7) is 13.6. The largest absolute Gasteiger partial charge is 0.339 e. The van der Waals surface area contributed by atoms with Crippen LogP contribution in [0.3, 0.4) is 0 Å². The molecule has 0 aromatic heterocycles. The van der Waals surface area contributed by atoms with Crippen LogP contribution in [0.4, 0.5) is 22.7 Å². The number of para-hydroxylation sites is 1. The number of hydrogen-bond donors (Lipinski definition) is 0. The van der Waals surface area contributed by atoms with Gasteiger partial charge in [0.15, 0.2) is 0 Å². The van der Waals surface area contributed by atoms with Gasteiger partial charge in [-0.05, 0) is 128 Å². The van der Waals surface area contributed by atoms with E-state index >= 15 is 0 Å².